The molecule has 0 radical (unpaired) electrons. The molecular formula is C20H38O8S. The Morgan fingerprint density at radius 3 is 2.41 bits per heavy atom. The Bertz CT molecular complexity index is 597. The summed E-state index contributed by atoms with van der Waals surface area (Å²) in [5.74, 6) is 0.706. The predicted molar refractivity (Wildman–Crippen MR) is 108 cm³/mol. The van der Waals surface area contributed by atoms with E-state index in [-0.39, 0.29) is 62.2 Å². The van der Waals surface area contributed by atoms with Gasteiger partial charge in [-0.05, 0) is 54.8 Å². The van der Waals surface area contributed by atoms with E-state index in [1.165, 1.54) is 0 Å². The first-order chi connectivity index (χ1) is 13.7. The molecule has 2 aliphatic carbocycles. The lowest BCUT2D eigenvalue weighted by Gasteiger charge is -2.52. The largest absolute Gasteiger partial charge is 0.396 e. The minimum absolute atomic E-state index is 0.0793. The fourth-order valence-electron chi connectivity index (χ4n) is 5.43. The summed E-state index contributed by atoms with van der Waals surface area (Å²) >= 11 is 0. The molecule has 2 rings (SSSR count). The second-order valence-electron chi connectivity index (χ2n) is 8.76. The van der Waals surface area contributed by atoms with Crippen LogP contribution in [0.3, 0.4) is 0 Å². The fraction of sp³-hybridized carbons (Fsp3) is 1.00. The van der Waals surface area contributed by atoms with Crippen molar-refractivity contribution in [2.75, 3.05) is 47.3 Å². The first kappa shape index (κ1) is 25.0. The second-order valence-corrected chi connectivity index (χ2v) is 10.4. The Morgan fingerprint density at radius 2 is 1.83 bits per heavy atom. The number of aliphatic hydroxyl groups excluding tert-OH is 1. The molecule has 1 spiro atoms. The third-order valence-electron chi connectivity index (χ3n) is 7.07. The Labute approximate surface area is 175 Å². The van der Waals surface area contributed by atoms with Gasteiger partial charge in [-0.25, -0.2) is 0 Å². The minimum atomic E-state index is -3.45. The number of rotatable bonds is 11. The van der Waals surface area contributed by atoms with Crippen LogP contribution in [0.2, 0.25) is 0 Å². The Hall–Kier alpha value is -0.290. The van der Waals surface area contributed by atoms with Crippen molar-refractivity contribution in [3.05, 3.63) is 0 Å². The smallest absolute Gasteiger partial charge is 0.264 e. The van der Waals surface area contributed by atoms with Crippen LogP contribution in [0, 0.1) is 29.1 Å². The van der Waals surface area contributed by atoms with Crippen LogP contribution in [0.4, 0.5) is 0 Å². The maximum atomic E-state index is 11.4. The normalized spacial score (nSPS) is 36.6. The van der Waals surface area contributed by atoms with Crippen molar-refractivity contribution in [1.29, 1.82) is 0 Å². The summed E-state index contributed by atoms with van der Waals surface area (Å²) in [6.45, 7) is 4.86. The lowest BCUT2D eigenvalue weighted by molar-refractivity contribution is -0.220. The molecule has 0 bridgehead atoms. The molecular weight excluding hydrogens is 400 g/mol. The van der Waals surface area contributed by atoms with Crippen LogP contribution in [0.5, 0.6) is 0 Å². The zero-order valence-corrected chi connectivity index (χ0v) is 19.2. The lowest BCUT2D eigenvalue weighted by atomic mass is 9.57. The molecule has 0 aliphatic heterocycles. The fourth-order valence-corrected chi connectivity index (χ4v) is 5.89. The van der Waals surface area contributed by atoms with Crippen molar-refractivity contribution >= 4 is 10.1 Å². The van der Waals surface area contributed by atoms with Crippen molar-refractivity contribution in [2.24, 2.45) is 29.1 Å². The van der Waals surface area contributed by atoms with E-state index in [1.54, 1.807) is 14.2 Å². The van der Waals surface area contributed by atoms with Gasteiger partial charge in [0.05, 0.1) is 25.1 Å². The highest BCUT2D eigenvalue weighted by Gasteiger charge is 2.56. The van der Waals surface area contributed by atoms with Crippen molar-refractivity contribution in [1.82, 2.24) is 0 Å². The van der Waals surface area contributed by atoms with E-state index in [0.29, 0.717) is 12.3 Å². The van der Waals surface area contributed by atoms with Crippen LogP contribution in [-0.4, -0.2) is 73.0 Å². The monoisotopic (exact) mass is 438 g/mol. The molecule has 1 N–H and O–H groups in total. The third-order valence-corrected chi connectivity index (χ3v) is 7.63. The molecule has 2 saturated carbocycles. The number of methoxy groups -OCH3 is 2. The van der Waals surface area contributed by atoms with Gasteiger partial charge in [-0.2, -0.15) is 8.42 Å². The molecule has 0 saturated heterocycles. The summed E-state index contributed by atoms with van der Waals surface area (Å²) in [5, 5.41) is 10.2. The van der Waals surface area contributed by atoms with Crippen LogP contribution in [0.25, 0.3) is 0 Å². The van der Waals surface area contributed by atoms with Crippen LogP contribution in [0.1, 0.15) is 39.5 Å². The summed E-state index contributed by atoms with van der Waals surface area (Å²) < 4.78 is 49.9. The molecule has 2 fully saturated rings. The number of hydrogen-bond donors (Lipinski definition) is 1. The van der Waals surface area contributed by atoms with Crippen molar-refractivity contribution in [3.63, 3.8) is 0 Å². The summed E-state index contributed by atoms with van der Waals surface area (Å²) in [6, 6.07) is 0. The van der Waals surface area contributed by atoms with E-state index in [2.05, 4.69) is 6.92 Å². The van der Waals surface area contributed by atoms with Gasteiger partial charge < -0.3 is 24.1 Å². The summed E-state index contributed by atoms with van der Waals surface area (Å²) in [6.07, 6.45) is 4.31. The number of hydrogen-bond acceptors (Lipinski definition) is 8. The van der Waals surface area contributed by atoms with Gasteiger partial charge in [0, 0.05) is 20.8 Å². The topological polar surface area (TPSA) is 101 Å². The predicted octanol–water partition coefficient (Wildman–Crippen LogP) is 2.01. The van der Waals surface area contributed by atoms with Gasteiger partial charge in [0.15, 0.2) is 0 Å². The van der Waals surface area contributed by atoms with Crippen LogP contribution < -0.4 is 0 Å². The molecule has 29 heavy (non-hydrogen) atoms. The highest BCUT2D eigenvalue weighted by molar-refractivity contribution is 7.85. The highest BCUT2D eigenvalue weighted by atomic mass is 32.2. The minimum Gasteiger partial charge on any atom is -0.396 e. The van der Waals surface area contributed by atoms with E-state index in [9.17, 15) is 13.5 Å². The zero-order valence-electron chi connectivity index (χ0n) is 18.3. The Morgan fingerprint density at radius 1 is 1.17 bits per heavy atom. The quantitative estimate of drug-likeness (QED) is 0.386. The number of aliphatic hydroxyl groups is 1. The summed E-state index contributed by atoms with van der Waals surface area (Å²) in [7, 11) is -0.262. The van der Waals surface area contributed by atoms with Crippen LogP contribution in [0.15, 0.2) is 0 Å². The van der Waals surface area contributed by atoms with Crippen LogP contribution >= 0.6 is 0 Å². The zero-order chi connectivity index (χ0) is 21.7. The third kappa shape index (κ3) is 6.12. The molecule has 7 atom stereocenters. The molecule has 2 aliphatic rings. The standard InChI is InChI=1S/C20H38O8S/c1-14(11-28-29(5,22)23)16-6-7-20(9-16)15(2)19(27-13-25-4)18(26-12-24-3)8-17(20)10-21/h14-19,21H,6-13H2,1-5H3. The molecule has 9 heteroatoms. The molecule has 8 nitrogen and oxygen atoms in total. The van der Waals surface area contributed by atoms with Gasteiger partial charge >= 0.3 is 0 Å². The summed E-state index contributed by atoms with van der Waals surface area (Å²) in [5.41, 5.74) is -0.0793. The highest BCUT2D eigenvalue weighted by Crippen LogP contribution is 2.59. The Balaban J connectivity index is 2.16. The maximum Gasteiger partial charge on any atom is 0.264 e. The maximum absolute atomic E-state index is 11.4. The molecule has 0 heterocycles. The second kappa shape index (κ2) is 10.8. The molecule has 0 amide bonds. The molecule has 0 aromatic carbocycles. The van der Waals surface area contributed by atoms with Gasteiger partial charge in [-0.1, -0.05) is 13.8 Å². The average molecular weight is 439 g/mol. The molecule has 7 unspecified atom stereocenters. The Kier molecular flexibility index (Phi) is 9.33. The molecule has 0 aromatic heterocycles. The van der Waals surface area contributed by atoms with Gasteiger partial charge in [0.25, 0.3) is 10.1 Å². The SMILES string of the molecule is COCOC1CC(CO)C2(CCC(C(C)COS(C)(=O)=O)C2)C(C)C1OCOC. The van der Waals surface area contributed by atoms with E-state index in [4.69, 9.17) is 23.1 Å². The van der Waals surface area contributed by atoms with Gasteiger partial charge in [-0.15, -0.1) is 0 Å². The molecule has 172 valence electrons. The average Bonchev–Trinajstić information content (AvgIpc) is 3.12. The van der Waals surface area contributed by atoms with Crippen molar-refractivity contribution < 1.29 is 36.7 Å². The van der Waals surface area contributed by atoms with Gasteiger partial charge in [0.1, 0.15) is 13.6 Å². The number of ether oxygens (including phenoxy) is 4. The first-order valence-electron chi connectivity index (χ1n) is 10.3. The van der Waals surface area contributed by atoms with E-state index >= 15 is 0 Å². The molecule has 0 aromatic rings. The van der Waals surface area contributed by atoms with Gasteiger partial charge in [-0.3, -0.25) is 4.18 Å². The van der Waals surface area contributed by atoms with Crippen molar-refractivity contribution in [3.8, 4) is 0 Å². The summed E-state index contributed by atoms with van der Waals surface area (Å²) in [4.78, 5) is 0. The van der Waals surface area contributed by atoms with E-state index < -0.39 is 10.1 Å². The van der Waals surface area contributed by atoms with Gasteiger partial charge in [0.2, 0.25) is 0 Å². The van der Waals surface area contributed by atoms with Crippen molar-refractivity contribution in [2.45, 2.75) is 51.7 Å². The van der Waals surface area contributed by atoms with E-state index in [0.717, 1.165) is 25.5 Å². The van der Waals surface area contributed by atoms with Crippen LogP contribution in [-0.2, 0) is 33.2 Å². The lowest BCUT2D eigenvalue weighted by Crippen LogP contribution is -2.55. The van der Waals surface area contributed by atoms with E-state index in [1.807, 2.05) is 6.92 Å². The first-order valence-corrected chi connectivity index (χ1v) is 12.2.